The number of aromatic hydroxyl groups is 1. The minimum Gasteiger partial charge on any atom is -0.506 e. The number of nitrogens with zero attached hydrogens (tertiary/aromatic N) is 1. The van der Waals surface area contributed by atoms with E-state index < -0.39 is 4.92 Å². The van der Waals surface area contributed by atoms with Crippen LogP contribution in [0.15, 0.2) is 36.4 Å². The summed E-state index contributed by atoms with van der Waals surface area (Å²) in [5.74, 6) is 0.560. The van der Waals surface area contributed by atoms with Crippen molar-refractivity contribution in [3.05, 3.63) is 52.1 Å². The molecule has 8 heteroatoms. The zero-order chi connectivity index (χ0) is 18.4. The predicted octanol–water partition coefficient (Wildman–Crippen LogP) is 2.89. The molecule has 0 aliphatic heterocycles. The standard InChI is InChI=1S/C17H18N2O6/c1-24-15-7-3-11(9-16(15)25-2)4-8-17(21)18-13-10-12(19(22)23)5-6-14(13)20/h3,5-7,9-10,20H,4,8H2,1-2H3,(H,18,21). The summed E-state index contributed by atoms with van der Waals surface area (Å²) in [5, 5.41) is 22.9. The number of nitrogens with one attached hydrogen (secondary N) is 1. The van der Waals surface area contributed by atoms with Gasteiger partial charge in [-0.25, -0.2) is 0 Å². The van der Waals surface area contributed by atoms with Gasteiger partial charge in [0.15, 0.2) is 11.5 Å². The molecule has 0 unspecified atom stereocenters. The van der Waals surface area contributed by atoms with E-state index in [1.165, 1.54) is 20.3 Å². The van der Waals surface area contributed by atoms with E-state index in [9.17, 15) is 20.0 Å². The smallest absolute Gasteiger partial charge is 0.271 e. The Labute approximate surface area is 144 Å². The van der Waals surface area contributed by atoms with Crippen molar-refractivity contribution in [3.63, 3.8) is 0 Å². The summed E-state index contributed by atoms with van der Waals surface area (Å²) in [7, 11) is 3.07. The van der Waals surface area contributed by atoms with Crippen LogP contribution in [0.3, 0.4) is 0 Å². The van der Waals surface area contributed by atoms with Crippen LogP contribution in [0, 0.1) is 10.1 Å². The van der Waals surface area contributed by atoms with Crippen LogP contribution in [-0.4, -0.2) is 30.2 Å². The number of carbonyl (C=O) groups is 1. The first-order valence-corrected chi connectivity index (χ1v) is 7.42. The largest absolute Gasteiger partial charge is 0.506 e. The molecule has 0 aliphatic rings. The molecule has 8 nitrogen and oxygen atoms in total. The third-order valence-electron chi connectivity index (χ3n) is 3.55. The van der Waals surface area contributed by atoms with Gasteiger partial charge in [-0.3, -0.25) is 14.9 Å². The maximum atomic E-state index is 12.0. The van der Waals surface area contributed by atoms with Crippen molar-refractivity contribution in [3.8, 4) is 17.2 Å². The zero-order valence-corrected chi connectivity index (χ0v) is 13.8. The molecular weight excluding hydrogens is 328 g/mol. The van der Waals surface area contributed by atoms with E-state index in [1.807, 2.05) is 6.07 Å². The number of anilines is 1. The normalized spacial score (nSPS) is 10.2. The molecule has 0 bridgehead atoms. The molecule has 0 aromatic heterocycles. The summed E-state index contributed by atoms with van der Waals surface area (Å²) in [6.07, 6.45) is 0.569. The first kappa shape index (κ1) is 18.1. The molecule has 132 valence electrons. The van der Waals surface area contributed by atoms with Gasteiger partial charge in [0.1, 0.15) is 5.75 Å². The maximum Gasteiger partial charge on any atom is 0.271 e. The molecule has 0 spiro atoms. The van der Waals surface area contributed by atoms with Gasteiger partial charge in [0.2, 0.25) is 5.91 Å². The van der Waals surface area contributed by atoms with Crippen molar-refractivity contribution in [1.29, 1.82) is 0 Å². The van der Waals surface area contributed by atoms with Crippen LogP contribution >= 0.6 is 0 Å². The molecule has 2 aromatic carbocycles. The fourth-order valence-electron chi connectivity index (χ4n) is 2.24. The lowest BCUT2D eigenvalue weighted by atomic mass is 10.1. The van der Waals surface area contributed by atoms with Crippen LogP contribution in [0.1, 0.15) is 12.0 Å². The number of aryl methyl sites for hydroxylation is 1. The second kappa shape index (κ2) is 8.00. The van der Waals surface area contributed by atoms with Crippen molar-refractivity contribution >= 4 is 17.3 Å². The monoisotopic (exact) mass is 346 g/mol. The molecule has 2 N–H and O–H groups in total. The molecule has 0 atom stereocenters. The minimum absolute atomic E-state index is 0.00603. The predicted molar refractivity (Wildman–Crippen MR) is 91.3 cm³/mol. The zero-order valence-electron chi connectivity index (χ0n) is 13.8. The highest BCUT2D eigenvalue weighted by Crippen LogP contribution is 2.29. The number of hydrogen-bond donors (Lipinski definition) is 2. The molecule has 0 fully saturated rings. The number of nitro groups is 1. The second-order valence-electron chi connectivity index (χ2n) is 5.20. The van der Waals surface area contributed by atoms with E-state index in [4.69, 9.17) is 9.47 Å². The van der Waals surface area contributed by atoms with Crippen LogP contribution in [0.2, 0.25) is 0 Å². The molecule has 25 heavy (non-hydrogen) atoms. The van der Waals surface area contributed by atoms with Gasteiger partial charge in [0, 0.05) is 18.6 Å². The summed E-state index contributed by atoms with van der Waals surface area (Å²) in [5.41, 5.74) is 0.663. The summed E-state index contributed by atoms with van der Waals surface area (Å²) >= 11 is 0. The third-order valence-corrected chi connectivity index (χ3v) is 3.55. The summed E-state index contributed by atoms with van der Waals surface area (Å²) < 4.78 is 10.4. The van der Waals surface area contributed by atoms with E-state index in [2.05, 4.69) is 5.32 Å². The lowest BCUT2D eigenvalue weighted by Gasteiger charge is -2.10. The topological polar surface area (TPSA) is 111 Å². The van der Waals surface area contributed by atoms with Crippen LogP contribution in [0.25, 0.3) is 0 Å². The molecule has 0 saturated carbocycles. The van der Waals surface area contributed by atoms with E-state index in [1.54, 1.807) is 12.1 Å². The van der Waals surface area contributed by atoms with Crippen molar-refractivity contribution in [2.75, 3.05) is 19.5 Å². The Morgan fingerprint density at radius 3 is 2.52 bits per heavy atom. The van der Waals surface area contributed by atoms with Gasteiger partial charge in [-0.05, 0) is 30.2 Å². The highest BCUT2D eigenvalue weighted by molar-refractivity contribution is 5.92. The Kier molecular flexibility index (Phi) is 5.78. The Morgan fingerprint density at radius 2 is 1.88 bits per heavy atom. The number of hydrogen-bond acceptors (Lipinski definition) is 6. The van der Waals surface area contributed by atoms with E-state index in [0.29, 0.717) is 17.9 Å². The minimum atomic E-state index is -0.598. The van der Waals surface area contributed by atoms with Gasteiger partial charge in [-0.2, -0.15) is 0 Å². The average molecular weight is 346 g/mol. The van der Waals surface area contributed by atoms with Gasteiger partial charge in [-0.1, -0.05) is 6.07 Å². The molecule has 0 aliphatic carbocycles. The van der Waals surface area contributed by atoms with Gasteiger partial charge in [0.25, 0.3) is 5.69 Å². The molecule has 2 aromatic rings. The lowest BCUT2D eigenvalue weighted by molar-refractivity contribution is -0.384. The summed E-state index contributed by atoms with van der Waals surface area (Å²) in [4.78, 5) is 22.2. The number of ether oxygens (including phenoxy) is 2. The van der Waals surface area contributed by atoms with E-state index >= 15 is 0 Å². The first-order valence-electron chi connectivity index (χ1n) is 7.42. The molecular formula is C17H18N2O6. The molecule has 2 rings (SSSR count). The third kappa shape index (κ3) is 4.60. The van der Waals surface area contributed by atoms with Gasteiger partial charge >= 0.3 is 0 Å². The fourth-order valence-corrected chi connectivity index (χ4v) is 2.24. The second-order valence-corrected chi connectivity index (χ2v) is 5.20. The lowest BCUT2D eigenvalue weighted by Crippen LogP contribution is -2.12. The number of phenolic OH excluding ortho intramolecular Hbond substituents is 1. The van der Waals surface area contributed by atoms with Gasteiger partial charge < -0.3 is 19.9 Å². The Balaban J connectivity index is 2.02. The molecule has 0 saturated heterocycles. The van der Waals surface area contributed by atoms with Crippen LogP contribution in [-0.2, 0) is 11.2 Å². The number of rotatable bonds is 7. The Hall–Kier alpha value is -3.29. The number of methoxy groups -OCH3 is 2. The highest BCUT2D eigenvalue weighted by Gasteiger charge is 2.13. The van der Waals surface area contributed by atoms with E-state index in [-0.39, 0.29) is 29.5 Å². The van der Waals surface area contributed by atoms with E-state index in [0.717, 1.165) is 17.7 Å². The highest BCUT2D eigenvalue weighted by atomic mass is 16.6. The van der Waals surface area contributed by atoms with Crippen LogP contribution < -0.4 is 14.8 Å². The number of phenols is 1. The number of benzene rings is 2. The molecule has 0 heterocycles. The van der Waals surface area contributed by atoms with Gasteiger partial charge in [-0.15, -0.1) is 0 Å². The summed E-state index contributed by atoms with van der Waals surface area (Å²) in [6, 6.07) is 8.79. The molecule has 0 radical (unpaired) electrons. The summed E-state index contributed by atoms with van der Waals surface area (Å²) in [6.45, 7) is 0. The Morgan fingerprint density at radius 1 is 1.16 bits per heavy atom. The number of carbonyl (C=O) groups excluding carboxylic acids is 1. The Bertz CT molecular complexity index is 791. The quantitative estimate of drug-likeness (QED) is 0.453. The average Bonchev–Trinajstić information content (AvgIpc) is 2.61. The van der Waals surface area contributed by atoms with Crippen LogP contribution in [0.5, 0.6) is 17.2 Å². The van der Waals surface area contributed by atoms with Crippen molar-refractivity contribution in [2.24, 2.45) is 0 Å². The number of nitro benzene ring substituents is 1. The SMILES string of the molecule is COc1ccc(CCC(=O)Nc2cc([N+](=O)[O-])ccc2O)cc1OC. The molecule has 1 amide bonds. The first-order chi connectivity index (χ1) is 11.9. The maximum absolute atomic E-state index is 12.0. The number of non-ortho nitro benzene ring substituents is 1. The fraction of sp³-hybridized carbons (Fsp3) is 0.235. The van der Waals surface area contributed by atoms with Crippen molar-refractivity contribution < 1.29 is 24.3 Å². The van der Waals surface area contributed by atoms with Crippen molar-refractivity contribution in [1.82, 2.24) is 0 Å². The van der Waals surface area contributed by atoms with Crippen LogP contribution in [0.4, 0.5) is 11.4 Å². The van der Waals surface area contributed by atoms with Crippen molar-refractivity contribution in [2.45, 2.75) is 12.8 Å². The number of amides is 1. The van der Waals surface area contributed by atoms with Gasteiger partial charge in [0.05, 0.1) is 24.8 Å².